The predicted molar refractivity (Wildman–Crippen MR) is 72.1 cm³/mol. The van der Waals surface area contributed by atoms with Crippen LogP contribution in [0.15, 0.2) is 12.1 Å². The fourth-order valence-corrected chi connectivity index (χ4v) is 2.26. The van der Waals surface area contributed by atoms with Crippen molar-refractivity contribution >= 4 is 46.0 Å². The van der Waals surface area contributed by atoms with Crippen LogP contribution in [0.2, 0.25) is 5.02 Å². The highest BCUT2D eigenvalue weighted by molar-refractivity contribution is 7.00. The standard InChI is InChI=1S/C11H12ClN3O2S/c1-3-17-11(16)6(2)13-9-7(12)4-5-8-10(9)15-18-14-8/h4-6,13H,3H2,1-2H3. The van der Waals surface area contributed by atoms with Crippen molar-refractivity contribution in [3.05, 3.63) is 17.2 Å². The summed E-state index contributed by atoms with van der Waals surface area (Å²) in [6.07, 6.45) is 0. The lowest BCUT2D eigenvalue weighted by atomic mass is 10.2. The third kappa shape index (κ3) is 2.54. The average Bonchev–Trinajstić information content (AvgIpc) is 2.81. The van der Waals surface area contributed by atoms with E-state index in [9.17, 15) is 4.79 Å². The molecule has 1 N–H and O–H groups in total. The Morgan fingerprint density at radius 2 is 2.33 bits per heavy atom. The highest BCUT2D eigenvalue weighted by Gasteiger charge is 2.17. The average molecular weight is 286 g/mol. The number of fused-ring (bicyclic) bond motifs is 1. The molecule has 0 aliphatic heterocycles. The molecular weight excluding hydrogens is 274 g/mol. The number of rotatable bonds is 4. The van der Waals surface area contributed by atoms with Gasteiger partial charge in [-0.1, -0.05) is 11.6 Å². The fourth-order valence-electron chi connectivity index (χ4n) is 1.51. The van der Waals surface area contributed by atoms with Gasteiger partial charge in [-0.2, -0.15) is 8.75 Å². The lowest BCUT2D eigenvalue weighted by Crippen LogP contribution is -2.28. The van der Waals surface area contributed by atoms with Crippen molar-refractivity contribution in [3.8, 4) is 0 Å². The van der Waals surface area contributed by atoms with E-state index in [4.69, 9.17) is 16.3 Å². The minimum atomic E-state index is -0.491. The number of aromatic nitrogens is 2. The number of hydrogen-bond acceptors (Lipinski definition) is 6. The number of ether oxygens (including phenoxy) is 1. The largest absolute Gasteiger partial charge is 0.464 e. The number of esters is 1. The van der Waals surface area contributed by atoms with Crippen LogP contribution in [-0.2, 0) is 9.53 Å². The molecule has 2 aromatic rings. The van der Waals surface area contributed by atoms with Crippen LogP contribution in [0.25, 0.3) is 11.0 Å². The number of hydrogen-bond donors (Lipinski definition) is 1. The molecule has 2 rings (SSSR count). The van der Waals surface area contributed by atoms with Crippen molar-refractivity contribution in [2.24, 2.45) is 0 Å². The maximum absolute atomic E-state index is 11.6. The third-order valence-corrected chi connectivity index (χ3v) is 3.24. The number of anilines is 1. The Labute approximate surface area is 113 Å². The van der Waals surface area contributed by atoms with Gasteiger partial charge in [0.1, 0.15) is 17.1 Å². The quantitative estimate of drug-likeness (QED) is 0.875. The normalized spacial score (nSPS) is 12.4. The minimum absolute atomic E-state index is 0.325. The fraction of sp³-hybridized carbons (Fsp3) is 0.364. The van der Waals surface area contributed by atoms with Crippen molar-refractivity contribution in [2.45, 2.75) is 19.9 Å². The highest BCUT2D eigenvalue weighted by Crippen LogP contribution is 2.30. The molecule has 7 heteroatoms. The highest BCUT2D eigenvalue weighted by atomic mass is 35.5. The van der Waals surface area contributed by atoms with Gasteiger partial charge in [-0.05, 0) is 26.0 Å². The number of halogens is 1. The Hall–Kier alpha value is -1.40. The van der Waals surface area contributed by atoms with Gasteiger partial charge in [0.25, 0.3) is 0 Å². The molecule has 1 unspecified atom stereocenters. The summed E-state index contributed by atoms with van der Waals surface area (Å²) in [4.78, 5) is 11.6. The molecular formula is C11H12ClN3O2S. The number of nitrogens with one attached hydrogen (secondary N) is 1. The molecule has 0 amide bonds. The molecule has 5 nitrogen and oxygen atoms in total. The molecule has 96 valence electrons. The Kier molecular flexibility index (Phi) is 3.98. The van der Waals surface area contributed by atoms with Gasteiger partial charge in [-0.15, -0.1) is 0 Å². The lowest BCUT2D eigenvalue weighted by Gasteiger charge is -2.15. The molecule has 0 saturated carbocycles. The summed E-state index contributed by atoms with van der Waals surface area (Å²) in [5.74, 6) is -0.325. The zero-order valence-corrected chi connectivity index (χ0v) is 11.5. The van der Waals surface area contributed by atoms with Crippen LogP contribution in [0.3, 0.4) is 0 Å². The van der Waals surface area contributed by atoms with Crippen LogP contribution in [0.5, 0.6) is 0 Å². The number of carbonyl (C=O) groups is 1. The predicted octanol–water partition coefficient (Wildman–Crippen LogP) is 2.71. The van der Waals surface area contributed by atoms with E-state index >= 15 is 0 Å². The summed E-state index contributed by atoms with van der Waals surface area (Å²) < 4.78 is 13.2. The van der Waals surface area contributed by atoms with Gasteiger partial charge in [-0.25, -0.2) is 4.79 Å². The molecule has 1 atom stereocenters. The summed E-state index contributed by atoms with van der Waals surface area (Å²) in [5, 5.41) is 3.53. The van der Waals surface area contributed by atoms with Gasteiger partial charge >= 0.3 is 5.97 Å². The van der Waals surface area contributed by atoms with Crippen molar-refractivity contribution in [1.29, 1.82) is 0 Å². The summed E-state index contributed by atoms with van der Waals surface area (Å²) in [5.41, 5.74) is 2.04. The van der Waals surface area contributed by atoms with Crippen LogP contribution >= 0.6 is 23.3 Å². The molecule has 1 aromatic carbocycles. The van der Waals surface area contributed by atoms with E-state index in [-0.39, 0.29) is 5.97 Å². The SMILES string of the molecule is CCOC(=O)C(C)Nc1c(Cl)ccc2nsnc12. The Bertz CT molecular complexity index is 572. The minimum Gasteiger partial charge on any atom is -0.464 e. The number of carbonyl (C=O) groups excluding carboxylic acids is 1. The molecule has 0 fully saturated rings. The first-order valence-electron chi connectivity index (χ1n) is 5.47. The molecule has 0 spiro atoms. The molecule has 0 bridgehead atoms. The first-order valence-corrected chi connectivity index (χ1v) is 6.58. The van der Waals surface area contributed by atoms with Gasteiger partial charge in [-0.3, -0.25) is 0 Å². The second-order valence-corrected chi connectivity index (χ2v) is 4.61. The molecule has 0 saturated heterocycles. The molecule has 0 aliphatic carbocycles. The Balaban J connectivity index is 2.28. The summed E-state index contributed by atoms with van der Waals surface area (Å²) in [7, 11) is 0. The smallest absolute Gasteiger partial charge is 0.328 e. The summed E-state index contributed by atoms with van der Waals surface area (Å²) in [6.45, 7) is 3.83. The molecule has 18 heavy (non-hydrogen) atoms. The van der Waals surface area contributed by atoms with Crippen LogP contribution in [0, 0.1) is 0 Å². The number of nitrogens with zero attached hydrogens (tertiary/aromatic N) is 2. The van der Waals surface area contributed by atoms with E-state index in [1.165, 1.54) is 0 Å². The van der Waals surface area contributed by atoms with Crippen molar-refractivity contribution in [1.82, 2.24) is 8.75 Å². The molecule has 0 radical (unpaired) electrons. The monoisotopic (exact) mass is 285 g/mol. The molecule has 1 heterocycles. The Morgan fingerprint density at radius 1 is 1.56 bits per heavy atom. The van der Waals surface area contributed by atoms with Gasteiger partial charge in [0.05, 0.1) is 29.0 Å². The number of benzene rings is 1. The van der Waals surface area contributed by atoms with Crippen molar-refractivity contribution < 1.29 is 9.53 Å². The van der Waals surface area contributed by atoms with Gasteiger partial charge in [0.2, 0.25) is 0 Å². The van der Waals surface area contributed by atoms with Crippen LogP contribution in [-0.4, -0.2) is 27.4 Å². The van der Waals surface area contributed by atoms with E-state index < -0.39 is 6.04 Å². The van der Waals surface area contributed by atoms with E-state index in [1.54, 1.807) is 26.0 Å². The van der Waals surface area contributed by atoms with E-state index in [2.05, 4.69) is 14.1 Å². The van der Waals surface area contributed by atoms with Crippen LogP contribution < -0.4 is 5.32 Å². The topological polar surface area (TPSA) is 64.1 Å². The third-order valence-electron chi connectivity index (χ3n) is 2.38. The van der Waals surface area contributed by atoms with Crippen LogP contribution in [0.1, 0.15) is 13.8 Å². The van der Waals surface area contributed by atoms with Gasteiger partial charge in [0.15, 0.2) is 0 Å². The Morgan fingerprint density at radius 3 is 3.06 bits per heavy atom. The second kappa shape index (κ2) is 5.49. The lowest BCUT2D eigenvalue weighted by molar-refractivity contribution is -0.143. The molecule has 1 aromatic heterocycles. The summed E-state index contributed by atoms with van der Waals surface area (Å²) >= 11 is 7.21. The van der Waals surface area contributed by atoms with Crippen molar-refractivity contribution in [2.75, 3.05) is 11.9 Å². The zero-order chi connectivity index (χ0) is 13.1. The van der Waals surface area contributed by atoms with E-state index in [0.717, 1.165) is 17.2 Å². The van der Waals surface area contributed by atoms with E-state index in [0.29, 0.717) is 22.8 Å². The molecule has 0 aliphatic rings. The first-order chi connectivity index (χ1) is 8.63. The van der Waals surface area contributed by atoms with Crippen molar-refractivity contribution in [3.63, 3.8) is 0 Å². The first kappa shape index (κ1) is 13.0. The maximum Gasteiger partial charge on any atom is 0.328 e. The second-order valence-electron chi connectivity index (χ2n) is 3.67. The summed E-state index contributed by atoms with van der Waals surface area (Å²) in [6, 6.07) is 3.03. The maximum atomic E-state index is 11.6. The van der Waals surface area contributed by atoms with Crippen LogP contribution in [0.4, 0.5) is 5.69 Å². The van der Waals surface area contributed by atoms with E-state index in [1.807, 2.05) is 0 Å². The van der Waals surface area contributed by atoms with Gasteiger partial charge < -0.3 is 10.1 Å². The zero-order valence-electron chi connectivity index (χ0n) is 9.94. The van der Waals surface area contributed by atoms with Gasteiger partial charge in [0, 0.05) is 0 Å².